The molecule has 1 aromatic carbocycles. The van der Waals surface area contributed by atoms with E-state index in [9.17, 15) is 4.79 Å². The third-order valence-corrected chi connectivity index (χ3v) is 5.00. The van der Waals surface area contributed by atoms with Crippen molar-refractivity contribution < 1.29 is 19.0 Å². The van der Waals surface area contributed by atoms with Crippen molar-refractivity contribution in [3.8, 4) is 17.2 Å². The van der Waals surface area contributed by atoms with Gasteiger partial charge in [0.15, 0.2) is 11.5 Å². The Kier molecular flexibility index (Phi) is 5.88. The number of carbonyl (C=O) groups is 1. The van der Waals surface area contributed by atoms with Crippen molar-refractivity contribution in [1.82, 2.24) is 14.9 Å². The first-order valence-corrected chi connectivity index (χ1v) is 9.20. The summed E-state index contributed by atoms with van der Waals surface area (Å²) in [5, 5.41) is 3.13. The standard InChI is InChI=1S/C20H27N3O4/c1-13-18(23(2)12-21-13)20(24)22-14-8-10-15(11-9-14)27-17-7-5-6-16(25-3)19(17)26-4/h5-7,12,14-15H,8-11H2,1-4H3,(H,22,24). The van der Waals surface area contributed by atoms with Gasteiger partial charge < -0.3 is 24.1 Å². The van der Waals surface area contributed by atoms with Crippen molar-refractivity contribution >= 4 is 5.91 Å². The minimum Gasteiger partial charge on any atom is -0.493 e. The average molecular weight is 373 g/mol. The van der Waals surface area contributed by atoms with Crippen LogP contribution in [0.3, 0.4) is 0 Å². The predicted octanol–water partition coefficient (Wildman–Crippen LogP) is 2.87. The summed E-state index contributed by atoms with van der Waals surface area (Å²) in [4.78, 5) is 16.7. The predicted molar refractivity (Wildman–Crippen MR) is 102 cm³/mol. The molecule has 1 saturated carbocycles. The van der Waals surface area contributed by atoms with E-state index in [2.05, 4.69) is 10.3 Å². The molecule has 0 aliphatic heterocycles. The summed E-state index contributed by atoms with van der Waals surface area (Å²) in [5.74, 6) is 1.89. The topological polar surface area (TPSA) is 74.6 Å². The minimum atomic E-state index is -0.0636. The van der Waals surface area contributed by atoms with Gasteiger partial charge in [-0.1, -0.05) is 6.07 Å². The molecule has 1 aliphatic rings. The smallest absolute Gasteiger partial charge is 0.270 e. The molecule has 0 atom stereocenters. The average Bonchev–Trinajstić information content (AvgIpc) is 3.01. The second-order valence-corrected chi connectivity index (χ2v) is 6.85. The van der Waals surface area contributed by atoms with Crippen molar-refractivity contribution in [1.29, 1.82) is 0 Å². The van der Waals surface area contributed by atoms with Crippen LogP contribution < -0.4 is 19.5 Å². The Hall–Kier alpha value is -2.70. The normalized spacial score (nSPS) is 19.4. The number of ether oxygens (including phenoxy) is 3. The summed E-state index contributed by atoms with van der Waals surface area (Å²) in [7, 11) is 5.05. The molecule has 1 amide bonds. The van der Waals surface area contributed by atoms with Gasteiger partial charge in [0.05, 0.1) is 32.3 Å². The lowest BCUT2D eigenvalue weighted by atomic mass is 9.92. The zero-order valence-corrected chi connectivity index (χ0v) is 16.3. The van der Waals surface area contributed by atoms with Crippen LogP contribution in [0.15, 0.2) is 24.5 Å². The molecule has 7 heteroatoms. The van der Waals surface area contributed by atoms with E-state index in [1.165, 1.54) is 0 Å². The van der Waals surface area contributed by atoms with Crippen molar-refractivity contribution in [2.75, 3.05) is 14.2 Å². The zero-order chi connectivity index (χ0) is 19.4. The van der Waals surface area contributed by atoms with E-state index in [0.29, 0.717) is 22.9 Å². The maximum atomic E-state index is 12.5. The van der Waals surface area contributed by atoms with Gasteiger partial charge in [-0.15, -0.1) is 0 Å². The van der Waals surface area contributed by atoms with Crippen LogP contribution >= 0.6 is 0 Å². The molecule has 0 spiro atoms. The summed E-state index contributed by atoms with van der Waals surface area (Å²) in [6, 6.07) is 5.77. The van der Waals surface area contributed by atoms with Gasteiger partial charge in [-0.2, -0.15) is 0 Å². The summed E-state index contributed by atoms with van der Waals surface area (Å²) in [5.41, 5.74) is 1.37. The number of nitrogens with one attached hydrogen (secondary N) is 1. The maximum absolute atomic E-state index is 12.5. The largest absolute Gasteiger partial charge is 0.493 e. The van der Waals surface area contributed by atoms with Crippen LogP contribution in [0.5, 0.6) is 17.2 Å². The monoisotopic (exact) mass is 373 g/mol. The Balaban J connectivity index is 1.56. The minimum absolute atomic E-state index is 0.0636. The molecule has 1 N–H and O–H groups in total. The summed E-state index contributed by atoms with van der Waals surface area (Å²) < 4.78 is 18.7. The summed E-state index contributed by atoms with van der Waals surface area (Å²) in [6.07, 6.45) is 5.25. The van der Waals surface area contributed by atoms with Gasteiger partial charge in [0, 0.05) is 13.1 Å². The van der Waals surface area contributed by atoms with E-state index in [4.69, 9.17) is 14.2 Å². The van der Waals surface area contributed by atoms with Gasteiger partial charge >= 0.3 is 0 Å². The molecule has 7 nitrogen and oxygen atoms in total. The highest BCUT2D eigenvalue weighted by Crippen LogP contribution is 2.38. The fourth-order valence-electron chi connectivity index (χ4n) is 3.58. The number of amides is 1. The number of aromatic nitrogens is 2. The molecular formula is C20H27N3O4. The van der Waals surface area contributed by atoms with Crippen LogP contribution in [0.25, 0.3) is 0 Å². The summed E-state index contributed by atoms with van der Waals surface area (Å²) >= 11 is 0. The first-order chi connectivity index (χ1) is 13.0. The maximum Gasteiger partial charge on any atom is 0.270 e. The van der Waals surface area contributed by atoms with E-state index in [1.807, 2.05) is 32.2 Å². The van der Waals surface area contributed by atoms with Crippen LogP contribution in [0.2, 0.25) is 0 Å². The Bertz CT molecular complexity index is 775. The Morgan fingerprint density at radius 2 is 1.85 bits per heavy atom. The first kappa shape index (κ1) is 19.1. The molecule has 146 valence electrons. The lowest BCUT2D eigenvalue weighted by Crippen LogP contribution is -2.40. The van der Waals surface area contributed by atoms with Crippen LogP contribution in [0.1, 0.15) is 41.9 Å². The molecular weight excluding hydrogens is 346 g/mol. The number of benzene rings is 1. The first-order valence-electron chi connectivity index (χ1n) is 9.20. The molecule has 1 aliphatic carbocycles. The number of aryl methyl sites for hydroxylation is 2. The van der Waals surface area contributed by atoms with E-state index >= 15 is 0 Å². The van der Waals surface area contributed by atoms with Crippen LogP contribution in [-0.4, -0.2) is 41.8 Å². The molecule has 1 heterocycles. The number of hydrogen-bond donors (Lipinski definition) is 1. The Morgan fingerprint density at radius 1 is 1.15 bits per heavy atom. The highest BCUT2D eigenvalue weighted by atomic mass is 16.5. The van der Waals surface area contributed by atoms with Gasteiger partial charge in [0.2, 0.25) is 5.75 Å². The third kappa shape index (κ3) is 4.18. The van der Waals surface area contributed by atoms with Crippen molar-refractivity contribution in [3.63, 3.8) is 0 Å². The van der Waals surface area contributed by atoms with E-state index in [0.717, 1.165) is 31.4 Å². The van der Waals surface area contributed by atoms with Crippen LogP contribution in [0, 0.1) is 6.92 Å². The van der Waals surface area contributed by atoms with Crippen molar-refractivity contribution in [2.45, 2.75) is 44.8 Å². The van der Waals surface area contributed by atoms with E-state index in [1.54, 1.807) is 25.1 Å². The molecule has 3 rings (SSSR count). The second-order valence-electron chi connectivity index (χ2n) is 6.85. The quantitative estimate of drug-likeness (QED) is 0.843. The van der Waals surface area contributed by atoms with Gasteiger partial charge in [0.1, 0.15) is 5.69 Å². The number of nitrogens with zero attached hydrogens (tertiary/aromatic N) is 2. The van der Waals surface area contributed by atoms with Gasteiger partial charge in [-0.05, 0) is 44.7 Å². The van der Waals surface area contributed by atoms with Crippen molar-refractivity contribution in [3.05, 3.63) is 35.9 Å². The molecule has 1 aromatic heterocycles. The second kappa shape index (κ2) is 8.33. The molecule has 0 radical (unpaired) electrons. The highest BCUT2D eigenvalue weighted by Gasteiger charge is 2.26. The summed E-state index contributed by atoms with van der Waals surface area (Å²) in [6.45, 7) is 1.85. The number of hydrogen-bond acceptors (Lipinski definition) is 5. The Morgan fingerprint density at radius 3 is 2.44 bits per heavy atom. The molecule has 0 unspecified atom stereocenters. The van der Waals surface area contributed by atoms with Crippen LogP contribution in [0.4, 0.5) is 0 Å². The van der Waals surface area contributed by atoms with Gasteiger partial charge in [-0.25, -0.2) is 4.98 Å². The molecule has 0 saturated heterocycles. The zero-order valence-electron chi connectivity index (χ0n) is 16.3. The van der Waals surface area contributed by atoms with E-state index in [-0.39, 0.29) is 18.1 Å². The number of para-hydroxylation sites is 1. The number of carbonyl (C=O) groups excluding carboxylic acids is 1. The lowest BCUT2D eigenvalue weighted by Gasteiger charge is -2.30. The van der Waals surface area contributed by atoms with Gasteiger partial charge in [0.25, 0.3) is 5.91 Å². The van der Waals surface area contributed by atoms with Gasteiger partial charge in [-0.3, -0.25) is 4.79 Å². The SMILES string of the molecule is COc1cccc(OC2CCC(NC(=O)c3c(C)ncn3C)CC2)c1OC. The molecule has 0 bridgehead atoms. The Labute approximate surface area is 159 Å². The fourth-order valence-corrected chi connectivity index (χ4v) is 3.58. The van der Waals surface area contributed by atoms with Crippen molar-refractivity contribution in [2.24, 2.45) is 7.05 Å². The third-order valence-electron chi connectivity index (χ3n) is 5.00. The molecule has 27 heavy (non-hydrogen) atoms. The molecule has 2 aromatic rings. The number of methoxy groups -OCH3 is 2. The highest BCUT2D eigenvalue weighted by molar-refractivity contribution is 5.93. The number of imidazole rings is 1. The van der Waals surface area contributed by atoms with Crippen LogP contribution in [-0.2, 0) is 7.05 Å². The lowest BCUT2D eigenvalue weighted by molar-refractivity contribution is 0.0882. The van der Waals surface area contributed by atoms with E-state index < -0.39 is 0 Å². The fraction of sp³-hybridized carbons (Fsp3) is 0.500. The number of rotatable bonds is 6. The molecule has 1 fully saturated rings.